The zero-order chi connectivity index (χ0) is 11.4. The second-order valence-electron chi connectivity index (χ2n) is 5.05. The molecule has 16 heavy (non-hydrogen) atoms. The fourth-order valence-electron chi connectivity index (χ4n) is 2.07. The second-order valence-corrected chi connectivity index (χ2v) is 5.05. The van der Waals surface area contributed by atoms with Crippen LogP contribution in [0.3, 0.4) is 0 Å². The molecular formula is C12H22O4. The zero-order valence-electron chi connectivity index (χ0n) is 9.98. The van der Waals surface area contributed by atoms with Crippen molar-refractivity contribution in [1.29, 1.82) is 0 Å². The van der Waals surface area contributed by atoms with Crippen LogP contribution < -0.4 is 0 Å². The fourth-order valence-corrected chi connectivity index (χ4v) is 2.07. The van der Waals surface area contributed by atoms with Crippen LogP contribution in [0.1, 0.15) is 32.6 Å². The molecule has 0 saturated carbocycles. The molecule has 0 spiro atoms. The summed E-state index contributed by atoms with van der Waals surface area (Å²) in [6.07, 6.45) is 4.44. The average Bonchev–Trinajstić information content (AvgIpc) is 3.10. The van der Waals surface area contributed by atoms with Gasteiger partial charge in [0.05, 0.1) is 31.0 Å². The Morgan fingerprint density at radius 1 is 1.19 bits per heavy atom. The molecule has 2 unspecified atom stereocenters. The van der Waals surface area contributed by atoms with Gasteiger partial charge in [-0.2, -0.15) is 0 Å². The molecular weight excluding hydrogens is 208 g/mol. The summed E-state index contributed by atoms with van der Waals surface area (Å²) < 4.78 is 16.5. The van der Waals surface area contributed by atoms with Crippen molar-refractivity contribution in [1.82, 2.24) is 0 Å². The summed E-state index contributed by atoms with van der Waals surface area (Å²) in [5.74, 6) is 0. The Kier molecular flexibility index (Phi) is 4.19. The van der Waals surface area contributed by atoms with Crippen molar-refractivity contribution in [2.45, 2.75) is 50.4 Å². The largest absolute Gasteiger partial charge is 0.396 e. The van der Waals surface area contributed by atoms with Gasteiger partial charge in [-0.05, 0) is 19.8 Å². The van der Waals surface area contributed by atoms with E-state index in [2.05, 4.69) is 6.92 Å². The molecule has 2 atom stereocenters. The summed E-state index contributed by atoms with van der Waals surface area (Å²) in [4.78, 5) is 0. The number of ether oxygens (including phenoxy) is 3. The van der Waals surface area contributed by atoms with Gasteiger partial charge in [0.2, 0.25) is 0 Å². The van der Waals surface area contributed by atoms with Crippen molar-refractivity contribution in [2.24, 2.45) is 0 Å². The van der Waals surface area contributed by atoms with Crippen molar-refractivity contribution < 1.29 is 19.3 Å². The van der Waals surface area contributed by atoms with Gasteiger partial charge in [0, 0.05) is 26.1 Å². The number of rotatable bonds is 9. The Morgan fingerprint density at radius 3 is 2.19 bits per heavy atom. The minimum Gasteiger partial charge on any atom is -0.396 e. The van der Waals surface area contributed by atoms with Crippen LogP contribution in [0.25, 0.3) is 0 Å². The van der Waals surface area contributed by atoms with E-state index in [4.69, 9.17) is 19.3 Å². The Bertz CT molecular complexity index is 197. The topological polar surface area (TPSA) is 54.5 Å². The van der Waals surface area contributed by atoms with Crippen molar-refractivity contribution in [3.05, 3.63) is 0 Å². The Morgan fingerprint density at radius 2 is 1.75 bits per heavy atom. The standard InChI is InChI=1S/C12H22O4/c1-12(6-10-8-14-10,7-11-9-15-11)16-5-3-2-4-13/h10-11,13H,2-9H2,1H3. The summed E-state index contributed by atoms with van der Waals surface area (Å²) in [7, 11) is 0. The number of hydrogen-bond donors (Lipinski definition) is 1. The van der Waals surface area contributed by atoms with Crippen molar-refractivity contribution in [3.8, 4) is 0 Å². The van der Waals surface area contributed by atoms with Gasteiger partial charge in [-0.25, -0.2) is 0 Å². The maximum absolute atomic E-state index is 8.71. The van der Waals surface area contributed by atoms with Crippen LogP contribution in [0.2, 0.25) is 0 Å². The van der Waals surface area contributed by atoms with E-state index in [1.54, 1.807) is 0 Å². The van der Waals surface area contributed by atoms with Crippen LogP contribution in [0.5, 0.6) is 0 Å². The first-order chi connectivity index (χ1) is 7.72. The molecule has 0 aromatic carbocycles. The number of aliphatic hydroxyl groups is 1. The normalized spacial score (nSPS) is 31.1. The third kappa shape index (κ3) is 4.37. The van der Waals surface area contributed by atoms with Gasteiger partial charge in [0.15, 0.2) is 0 Å². The SMILES string of the molecule is CC(CC1CO1)(CC1CO1)OCCCCO. The predicted molar refractivity (Wildman–Crippen MR) is 59.4 cm³/mol. The molecule has 2 aliphatic rings. The first-order valence-corrected chi connectivity index (χ1v) is 6.20. The molecule has 0 bridgehead atoms. The number of aliphatic hydroxyl groups excluding tert-OH is 1. The Labute approximate surface area is 96.9 Å². The van der Waals surface area contributed by atoms with Gasteiger partial charge in [0.1, 0.15) is 0 Å². The highest BCUT2D eigenvalue weighted by atomic mass is 16.6. The molecule has 0 aromatic heterocycles. The van der Waals surface area contributed by atoms with Gasteiger partial charge in [-0.1, -0.05) is 0 Å². The van der Waals surface area contributed by atoms with Crippen molar-refractivity contribution in [3.63, 3.8) is 0 Å². The van der Waals surface area contributed by atoms with Crippen LogP contribution in [0.4, 0.5) is 0 Å². The molecule has 0 aromatic rings. The summed E-state index contributed by atoms with van der Waals surface area (Å²) >= 11 is 0. The lowest BCUT2D eigenvalue weighted by Crippen LogP contribution is -2.33. The van der Waals surface area contributed by atoms with Gasteiger partial charge >= 0.3 is 0 Å². The van der Waals surface area contributed by atoms with Gasteiger partial charge < -0.3 is 19.3 Å². The van der Waals surface area contributed by atoms with Crippen LogP contribution in [0.15, 0.2) is 0 Å². The van der Waals surface area contributed by atoms with E-state index >= 15 is 0 Å². The molecule has 1 N–H and O–H groups in total. The van der Waals surface area contributed by atoms with Crippen LogP contribution in [0, 0.1) is 0 Å². The van der Waals surface area contributed by atoms with E-state index in [-0.39, 0.29) is 12.2 Å². The molecule has 2 heterocycles. The molecule has 2 saturated heterocycles. The number of epoxide rings is 2. The molecule has 0 aliphatic carbocycles. The minimum absolute atomic E-state index is 0.113. The molecule has 4 heteroatoms. The van der Waals surface area contributed by atoms with Crippen molar-refractivity contribution >= 4 is 0 Å². The summed E-state index contributed by atoms with van der Waals surface area (Å²) in [5, 5.41) is 8.71. The minimum atomic E-state index is -0.113. The lowest BCUT2D eigenvalue weighted by molar-refractivity contribution is -0.0537. The highest BCUT2D eigenvalue weighted by Crippen LogP contribution is 2.33. The maximum Gasteiger partial charge on any atom is 0.0837 e. The third-order valence-electron chi connectivity index (χ3n) is 3.13. The predicted octanol–water partition coefficient (Wildman–Crippen LogP) is 1.11. The molecule has 94 valence electrons. The van der Waals surface area contributed by atoms with Gasteiger partial charge in [0.25, 0.3) is 0 Å². The van der Waals surface area contributed by atoms with E-state index in [1.165, 1.54) is 0 Å². The van der Waals surface area contributed by atoms with E-state index in [0.717, 1.165) is 45.5 Å². The molecule has 2 aliphatic heterocycles. The molecule has 4 nitrogen and oxygen atoms in total. The number of unbranched alkanes of at least 4 members (excludes halogenated alkanes) is 1. The average molecular weight is 230 g/mol. The Hall–Kier alpha value is -0.160. The quantitative estimate of drug-likeness (QED) is 0.476. The van der Waals surface area contributed by atoms with E-state index in [1.807, 2.05) is 0 Å². The molecule has 0 amide bonds. The summed E-state index contributed by atoms with van der Waals surface area (Å²) in [6.45, 7) is 4.87. The van der Waals surface area contributed by atoms with Crippen LogP contribution in [-0.2, 0) is 14.2 Å². The highest BCUT2D eigenvalue weighted by molar-refractivity contribution is 4.89. The lowest BCUT2D eigenvalue weighted by atomic mass is 9.94. The zero-order valence-corrected chi connectivity index (χ0v) is 9.98. The smallest absolute Gasteiger partial charge is 0.0837 e. The van der Waals surface area contributed by atoms with Gasteiger partial charge in [-0.3, -0.25) is 0 Å². The number of hydrogen-bond acceptors (Lipinski definition) is 4. The lowest BCUT2D eigenvalue weighted by Gasteiger charge is -2.29. The first kappa shape index (κ1) is 12.3. The van der Waals surface area contributed by atoms with E-state index in [0.29, 0.717) is 12.2 Å². The van der Waals surface area contributed by atoms with Gasteiger partial charge in [-0.15, -0.1) is 0 Å². The first-order valence-electron chi connectivity index (χ1n) is 6.20. The van der Waals surface area contributed by atoms with E-state index < -0.39 is 0 Å². The maximum atomic E-state index is 8.71. The third-order valence-corrected chi connectivity index (χ3v) is 3.13. The highest BCUT2D eigenvalue weighted by Gasteiger charge is 2.40. The fraction of sp³-hybridized carbons (Fsp3) is 1.00. The molecule has 2 fully saturated rings. The summed E-state index contributed by atoms with van der Waals surface area (Å²) in [5.41, 5.74) is -0.113. The second kappa shape index (κ2) is 5.45. The molecule has 0 radical (unpaired) electrons. The Balaban J connectivity index is 1.70. The van der Waals surface area contributed by atoms with E-state index in [9.17, 15) is 0 Å². The van der Waals surface area contributed by atoms with Crippen LogP contribution >= 0.6 is 0 Å². The monoisotopic (exact) mass is 230 g/mol. The van der Waals surface area contributed by atoms with Crippen LogP contribution in [-0.4, -0.2) is 49.3 Å². The molecule has 2 rings (SSSR count). The van der Waals surface area contributed by atoms with Crippen molar-refractivity contribution in [2.75, 3.05) is 26.4 Å². The summed E-state index contributed by atoms with van der Waals surface area (Å²) in [6, 6.07) is 0.